The first-order valence-corrected chi connectivity index (χ1v) is 8.70. The molecule has 0 saturated carbocycles. The third-order valence-electron chi connectivity index (χ3n) is 4.02. The fourth-order valence-corrected chi connectivity index (χ4v) is 2.52. The van der Waals surface area contributed by atoms with E-state index in [0.717, 1.165) is 5.56 Å². The average molecular weight is 407 g/mol. The maximum absolute atomic E-state index is 14.0. The molecule has 2 heterocycles. The van der Waals surface area contributed by atoms with Crippen LogP contribution >= 0.6 is 0 Å². The number of methoxy groups -OCH3 is 1. The highest BCUT2D eigenvalue weighted by molar-refractivity contribution is 5.89. The molecule has 0 amide bonds. The van der Waals surface area contributed by atoms with Crippen molar-refractivity contribution in [3.05, 3.63) is 65.5 Å². The fourth-order valence-electron chi connectivity index (χ4n) is 2.52. The molecular formula is C19H14FN7O3. The molecule has 0 atom stereocenters. The molecular weight excluding hydrogens is 393 g/mol. The molecule has 30 heavy (non-hydrogen) atoms. The fraction of sp³-hybridized carbons (Fsp3) is 0.105. The number of rotatable bonds is 6. The number of halogens is 1. The summed E-state index contributed by atoms with van der Waals surface area (Å²) in [6, 6.07) is 12.8. The number of anilines is 2. The second kappa shape index (κ2) is 8.39. The number of nitrogens with zero attached hydrogens (tertiary/aromatic N) is 6. The third-order valence-corrected chi connectivity index (χ3v) is 4.02. The van der Waals surface area contributed by atoms with Gasteiger partial charge in [-0.1, -0.05) is 24.3 Å². The number of nitrogens with one attached hydrogen (secondary N) is 1. The smallest absolute Gasteiger partial charge is 0.337 e. The molecule has 11 heteroatoms. The molecule has 0 bridgehead atoms. The Morgan fingerprint density at radius 1 is 1.10 bits per heavy atom. The second-order valence-electron chi connectivity index (χ2n) is 6.00. The summed E-state index contributed by atoms with van der Waals surface area (Å²) in [4.78, 5) is 19.9. The SMILES string of the molecule is COC(=O)c1ccc(CN=Nc2nc3nonc3nc2Nc2ccccc2F)cc1. The molecule has 2 aromatic heterocycles. The van der Waals surface area contributed by atoms with Gasteiger partial charge in [-0.05, 0) is 40.1 Å². The van der Waals surface area contributed by atoms with Crippen LogP contribution in [0.1, 0.15) is 15.9 Å². The van der Waals surface area contributed by atoms with Crippen molar-refractivity contribution in [3.8, 4) is 0 Å². The number of ether oxygens (including phenoxy) is 1. The van der Waals surface area contributed by atoms with Gasteiger partial charge in [0.25, 0.3) is 0 Å². The molecule has 4 aromatic rings. The molecule has 150 valence electrons. The molecule has 4 rings (SSSR count). The van der Waals surface area contributed by atoms with Gasteiger partial charge in [-0.3, -0.25) is 0 Å². The highest BCUT2D eigenvalue weighted by atomic mass is 19.1. The van der Waals surface area contributed by atoms with Crippen molar-refractivity contribution in [2.75, 3.05) is 12.4 Å². The van der Waals surface area contributed by atoms with Gasteiger partial charge in [0.15, 0.2) is 5.82 Å². The Morgan fingerprint density at radius 2 is 1.83 bits per heavy atom. The Kier molecular flexibility index (Phi) is 5.33. The molecule has 1 N–H and O–H groups in total. The van der Waals surface area contributed by atoms with Gasteiger partial charge in [-0.15, -0.1) is 5.11 Å². The van der Waals surface area contributed by atoms with Crippen LogP contribution in [0.4, 0.5) is 21.7 Å². The third kappa shape index (κ3) is 4.09. The molecule has 0 aliphatic rings. The van der Waals surface area contributed by atoms with E-state index < -0.39 is 11.8 Å². The first-order chi connectivity index (χ1) is 14.6. The summed E-state index contributed by atoms with van der Waals surface area (Å²) in [5.41, 5.74) is 1.73. The van der Waals surface area contributed by atoms with E-state index in [0.29, 0.717) is 5.56 Å². The van der Waals surface area contributed by atoms with Gasteiger partial charge >= 0.3 is 5.97 Å². The molecule has 10 nitrogen and oxygen atoms in total. The van der Waals surface area contributed by atoms with E-state index in [9.17, 15) is 9.18 Å². The maximum Gasteiger partial charge on any atom is 0.337 e. The largest absolute Gasteiger partial charge is 0.465 e. The number of fused-ring (bicyclic) bond motifs is 1. The first kappa shape index (κ1) is 19.1. The number of hydrogen-bond acceptors (Lipinski definition) is 10. The standard InChI is InChI=1S/C19H14FN7O3/c1-29-19(28)12-8-6-11(7-9-12)10-21-25-16-15(22-14-5-3-2-4-13(14)20)23-17-18(24-16)27-30-26-17/h2-9H,10H2,1H3,(H,22,23,26). The Hall–Kier alpha value is -4.28. The van der Waals surface area contributed by atoms with Crippen molar-refractivity contribution in [1.82, 2.24) is 20.3 Å². The quantitative estimate of drug-likeness (QED) is 0.376. The Labute approximate surface area is 168 Å². The number of benzene rings is 2. The van der Waals surface area contributed by atoms with Crippen LogP contribution in [-0.4, -0.2) is 33.4 Å². The summed E-state index contributed by atoms with van der Waals surface area (Å²) in [6.45, 7) is 0.220. The van der Waals surface area contributed by atoms with Gasteiger partial charge in [0.05, 0.1) is 24.9 Å². The minimum atomic E-state index is -0.466. The van der Waals surface area contributed by atoms with Gasteiger partial charge < -0.3 is 10.1 Å². The van der Waals surface area contributed by atoms with Crippen LogP contribution in [0.3, 0.4) is 0 Å². The molecule has 0 unspecified atom stereocenters. The second-order valence-corrected chi connectivity index (χ2v) is 6.00. The van der Waals surface area contributed by atoms with E-state index in [-0.39, 0.29) is 35.2 Å². The zero-order valence-corrected chi connectivity index (χ0v) is 15.6. The average Bonchev–Trinajstić information content (AvgIpc) is 3.22. The van der Waals surface area contributed by atoms with Crippen molar-refractivity contribution in [3.63, 3.8) is 0 Å². The van der Waals surface area contributed by atoms with Crippen molar-refractivity contribution in [2.24, 2.45) is 10.2 Å². The van der Waals surface area contributed by atoms with Crippen LogP contribution in [0.25, 0.3) is 11.3 Å². The topological polar surface area (TPSA) is 128 Å². The van der Waals surface area contributed by atoms with Crippen LogP contribution < -0.4 is 5.32 Å². The summed E-state index contributed by atoms with van der Waals surface area (Å²) in [7, 11) is 1.32. The first-order valence-electron chi connectivity index (χ1n) is 8.70. The normalized spacial score (nSPS) is 11.1. The summed E-state index contributed by atoms with van der Waals surface area (Å²) in [5, 5.41) is 18.3. The van der Waals surface area contributed by atoms with Crippen LogP contribution in [0.2, 0.25) is 0 Å². The minimum Gasteiger partial charge on any atom is -0.465 e. The summed E-state index contributed by atoms with van der Waals surface area (Å²) >= 11 is 0. The van der Waals surface area contributed by atoms with Crippen LogP contribution in [0, 0.1) is 5.82 Å². The van der Waals surface area contributed by atoms with E-state index in [4.69, 9.17) is 0 Å². The lowest BCUT2D eigenvalue weighted by molar-refractivity contribution is 0.0600. The van der Waals surface area contributed by atoms with Crippen LogP contribution in [0.15, 0.2) is 63.4 Å². The number of carbonyl (C=O) groups is 1. The van der Waals surface area contributed by atoms with Gasteiger partial charge in [0.1, 0.15) is 5.82 Å². The van der Waals surface area contributed by atoms with Crippen molar-refractivity contribution in [1.29, 1.82) is 0 Å². The van der Waals surface area contributed by atoms with E-state index in [2.05, 4.69) is 45.2 Å². The summed E-state index contributed by atoms with van der Waals surface area (Å²) < 4.78 is 23.3. The summed E-state index contributed by atoms with van der Waals surface area (Å²) in [5.74, 6) is -0.649. The molecule has 0 saturated heterocycles. The van der Waals surface area contributed by atoms with Gasteiger partial charge in [0, 0.05) is 0 Å². The number of esters is 1. The van der Waals surface area contributed by atoms with E-state index in [1.807, 2.05) is 0 Å². The van der Waals surface area contributed by atoms with E-state index in [1.54, 1.807) is 42.5 Å². The highest BCUT2D eigenvalue weighted by Gasteiger charge is 2.14. The number of hydrogen-bond donors (Lipinski definition) is 1. The molecule has 0 aliphatic heterocycles. The van der Waals surface area contributed by atoms with Crippen molar-refractivity contribution >= 4 is 34.6 Å². The van der Waals surface area contributed by atoms with Crippen LogP contribution in [0.5, 0.6) is 0 Å². The molecule has 0 radical (unpaired) electrons. The minimum absolute atomic E-state index is 0.0904. The molecule has 0 spiro atoms. The van der Waals surface area contributed by atoms with E-state index in [1.165, 1.54) is 13.2 Å². The molecule has 0 aliphatic carbocycles. The number of azo groups is 1. The maximum atomic E-state index is 14.0. The predicted molar refractivity (Wildman–Crippen MR) is 103 cm³/mol. The molecule has 0 fully saturated rings. The van der Waals surface area contributed by atoms with Crippen molar-refractivity contribution in [2.45, 2.75) is 6.54 Å². The van der Waals surface area contributed by atoms with Crippen LogP contribution in [-0.2, 0) is 11.3 Å². The zero-order chi connectivity index (χ0) is 20.9. The molecule has 2 aromatic carbocycles. The predicted octanol–water partition coefficient (Wildman–Crippen LogP) is 3.97. The Bertz CT molecular complexity index is 1220. The monoisotopic (exact) mass is 407 g/mol. The Balaban J connectivity index is 1.58. The van der Waals surface area contributed by atoms with Crippen molar-refractivity contribution < 1.29 is 18.6 Å². The van der Waals surface area contributed by atoms with Gasteiger partial charge in [0.2, 0.25) is 17.1 Å². The van der Waals surface area contributed by atoms with Gasteiger partial charge in [-0.2, -0.15) is 10.1 Å². The number of aromatic nitrogens is 4. The number of carbonyl (C=O) groups excluding carboxylic acids is 1. The zero-order valence-electron chi connectivity index (χ0n) is 15.6. The highest BCUT2D eigenvalue weighted by Crippen LogP contribution is 2.27. The van der Waals surface area contributed by atoms with Gasteiger partial charge in [-0.25, -0.2) is 18.8 Å². The lowest BCUT2D eigenvalue weighted by Gasteiger charge is -2.07. The van der Waals surface area contributed by atoms with E-state index >= 15 is 0 Å². The lowest BCUT2D eigenvalue weighted by atomic mass is 10.1. The number of para-hydroxylation sites is 1. The Morgan fingerprint density at radius 3 is 2.57 bits per heavy atom. The summed E-state index contributed by atoms with van der Waals surface area (Å²) in [6.07, 6.45) is 0. The lowest BCUT2D eigenvalue weighted by Crippen LogP contribution is -2.00.